The second kappa shape index (κ2) is 8.57. The zero-order valence-corrected chi connectivity index (χ0v) is 13.9. The molecular formula is C18H20N2O4. The van der Waals surface area contributed by atoms with Gasteiger partial charge < -0.3 is 14.2 Å². The quantitative estimate of drug-likeness (QED) is 0.627. The molecule has 0 aliphatic rings. The molecule has 0 atom stereocenters. The first kappa shape index (κ1) is 17.3. The van der Waals surface area contributed by atoms with E-state index in [4.69, 9.17) is 14.2 Å². The lowest BCUT2D eigenvalue weighted by molar-refractivity contribution is 0.0955. The number of nitrogens with zero attached hydrogens (tertiary/aromatic N) is 1. The van der Waals surface area contributed by atoms with Crippen LogP contribution in [-0.4, -0.2) is 32.9 Å². The lowest BCUT2D eigenvalue weighted by Crippen LogP contribution is -2.17. The number of carbonyl (C=O) groups is 1. The Morgan fingerprint density at radius 3 is 2.50 bits per heavy atom. The summed E-state index contributed by atoms with van der Waals surface area (Å²) in [4.78, 5) is 12.1. The van der Waals surface area contributed by atoms with E-state index in [-0.39, 0.29) is 5.91 Å². The highest BCUT2D eigenvalue weighted by molar-refractivity contribution is 5.95. The third kappa shape index (κ3) is 4.25. The van der Waals surface area contributed by atoms with Crippen molar-refractivity contribution in [2.24, 2.45) is 5.10 Å². The summed E-state index contributed by atoms with van der Waals surface area (Å²) in [6.07, 6.45) is 1.51. The minimum Gasteiger partial charge on any atom is -0.494 e. The summed E-state index contributed by atoms with van der Waals surface area (Å²) >= 11 is 0. The smallest absolute Gasteiger partial charge is 0.271 e. The molecule has 2 aromatic rings. The molecule has 0 heterocycles. The Hall–Kier alpha value is -3.02. The van der Waals surface area contributed by atoms with E-state index in [1.54, 1.807) is 44.6 Å². The number of rotatable bonds is 7. The maximum Gasteiger partial charge on any atom is 0.271 e. The van der Waals surface area contributed by atoms with Gasteiger partial charge in [-0.3, -0.25) is 4.79 Å². The molecule has 0 fully saturated rings. The van der Waals surface area contributed by atoms with E-state index < -0.39 is 0 Å². The fourth-order valence-electron chi connectivity index (χ4n) is 2.11. The van der Waals surface area contributed by atoms with Crippen LogP contribution in [0, 0.1) is 0 Å². The molecule has 1 amide bonds. The SMILES string of the molecule is CCOc1ccc(C(=O)N/N=C\c2cccc(OC)c2OC)cc1. The Bertz CT molecular complexity index is 711. The first-order chi connectivity index (χ1) is 11.7. The molecule has 0 bridgehead atoms. The van der Waals surface area contributed by atoms with Crippen LogP contribution in [0.1, 0.15) is 22.8 Å². The van der Waals surface area contributed by atoms with E-state index in [1.165, 1.54) is 6.21 Å². The summed E-state index contributed by atoms with van der Waals surface area (Å²) in [5.41, 5.74) is 3.67. The molecule has 0 aliphatic heterocycles. The van der Waals surface area contributed by atoms with Crippen molar-refractivity contribution in [1.82, 2.24) is 5.43 Å². The van der Waals surface area contributed by atoms with Crippen molar-refractivity contribution in [2.75, 3.05) is 20.8 Å². The van der Waals surface area contributed by atoms with Gasteiger partial charge in [-0.25, -0.2) is 5.43 Å². The van der Waals surface area contributed by atoms with Crippen molar-refractivity contribution in [3.63, 3.8) is 0 Å². The lowest BCUT2D eigenvalue weighted by Gasteiger charge is -2.09. The molecule has 6 heteroatoms. The minimum absolute atomic E-state index is 0.309. The van der Waals surface area contributed by atoms with E-state index >= 15 is 0 Å². The summed E-state index contributed by atoms with van der Waals surface area (Å²) in [5.74, 6) is 1.56. The van der Waals surface area contributed by atoms with Crippen LogP contribution in [0.3, 0.4) is 0 Å². The number of hydrazone groups is 1. The van der Waals surface area contributed by atoms with Gasteiger partial charge in [0.05, 0.1) is 27.0 Å². The van der Waals surface area contributed by atoms with Crippen molar-refractivity contribution < 1.29 is 19.0 Å². The van der Waals surface area contributed by atoms with Crippen molar-refractivity contribution in [1.29, 1.82) is 0 Å². The van der Waals surface area contributed by atoms with Crippen LogP contribution in [0.5, 0.6) is 17.2 Å². The number of carbonyl (C=O) groups excluding carboxylic acids is 1. The first-order valence-corrected chi connectivity index (χ1v) is 7.46. The molecule has 0 unspecified atom stereocenters. The van der Waals surface area contributed by atoms with Gasteiger partial charge in [0.15, 0.2) is 11.5 Å². The van der Waals surface area contributed by atoms with Gasteiger partial charge >= 0.3 is 0 Å². The highest BCUT2D eigenvalue weighted by atomic mass is 16.5. The minimum atomic E-state index is -0.309. The summed E-state index contributed by atoms with van der Waals surface area (Å²) in [7, 11) is 3.11. The molecule has 24 heavy (non-hydrogen) atoms. The molecule has 0 radical (unpaired) electrons. The van der Waals surface area contributed by atoms with E-state index in [9.17, 15) is 4.79 Å². The number of nitrogens with one attached hydrogen (secondary N) is 1. The Kier molecular flexibility index (Phi) is 6.19. The van der Waals surface area contributed by atoms with Gasteiger partial charge in [-0.2, -0.15) is 5.10 Å². The monoisotopic (exact) mass is 328 g/mol. The fraction of sp³-hybridized carbons (Fsp3) is 0.222. The normalized spacial score (nSPS) is 10.5. The van der Waals surface area contributed by atoms with E-state index in [1.807, 2.05) is 19.1 Å². The zero-order valence-electron chi connectivity index (χ0n) is 13.9. The van der Waals surface area contributed by atoms with Crippen molar-refractivity contribution in [2.45, 2.75) is 6.92 Å². The number of benzene rings is 2. The highest BCUT2D eigenvalue weighted by Gasteiger charge is 2.08. The maximum atomic E-state index is 12.1. The Labute approximate surface area is 141 Å². The zero-order chi connectivity index (χ0) is 17.4. The lowest BCUT2D eigenvalue weighted by atomic mass is 10.2. The maximum absolute atomic E-state index is 12.1. The number of para-hydroxylation sites is 1. The average molecular weight is 328 g/mol. The predicted octanol–water partition coefficient (Wildman–Crippen LogP) is 2.87. The number of ether oxygens (including phenoxy) is 3. The number of amides is 1. The predicted molar refractivity (Wildman–Crippen MR) is 92.2 cm³/mol. The topological polar surface area (TPSA) is 69.2 Å². The van der Waals surface area contributed by atoms with Crippen LogP contribution in [0.4, 0.5) is 0 Å². The van der Waals surface area contributed by atoms with Gasteiger partial charge in [0.25, 0.3) is 5.91 Å². The third-order valence-corrected chi connectivity index (χ3v) is 3.23. The first-order valence-electron chi connectivity index (χ1n) is 7.46. The third-order valence-electron chi connectivity index (χ3n) is 3.23. The number of methoxy groups -OCH3 is 2. The summed E-state index contributed by atoms with van der Waals surface area (Å²) < 4.78 is 15.9. The molecule has 0 aromatic heterocycles. The molecule has 126 valence electrons. The molecule has 6 nitrogen and oxygen atoms in total. The molecule has 0 spiro atoms. The van der Waals surface area contributed by atoms with E-state index in [0.717, 1.165) is 5.75 Å². The standard InChI is InChI=1S/C18H20N2O4/c1-4-24-15-10-8-13(9-11-15)18(21)20-19-12-14-6-5-7-16(22-2)17(14)23-3/h5-12H,4H2,1-3H3,(H,20,21)/b19-12-. The molecule has 1 N–H and O–H groups in total. The number of hydrogen-bond acceptors (Lipinski definition) is 5. The molecule has 0 saturated heterocycles. The molecule has 0 saturated carbocycles. The molecule has 2 aromatic carbocycles. The largest absolute Gasteiger partial charge is 0.494 e. The Balaban J connectivity index is 2.04. The van der Waals surface area contributed by atoms with Crippen LogP contribution in [0.2, 0.25) is 0 Å². The van der Waals surface area contributed by atoms with Gasteiger partial charge in [0.2, 0.25) is 0 Å². The van der Waals surface area contributed by atoms with Gasteiger partial charge in [-0.05, 0) is 43.3 Å². The van der Waals surface area contributed by atoms with Crippen molar-refractivity contribution >= 4 is 12.1 Å². The number of hydrogen-bond donors (Lipinski definition) is 1. The second-order valence-corrected chi connectivity index (χ2v) is 4.74. The van der Waals surface area contributed by atoms with Crippen molar-refractivity contribution in [3.05, 3.63) is 53.6 Å². The highest BCUT2D eigenvalue weighted by Crippen LogP contribution is 2.29. The van der Waals surface area contributed by atoms with Crippen LogP contribution in [0.25, 0.3) is 0 Å². The van der Waals surface area contributed by atoms with E-state index in [0.29, 0.717) is 29.2 Å². The van der Waals surface area contributed by atoms with Crippen LogP contribution in [-0.2, 0) is 0 Å². The molecule has 2 rings (SSSR count). The van der Waals surface area contributed by atoms with Crippen molar-refractivity contribution in [3.8, 4) is 17.2 Å². The van der Waals surface area contributed by atoms with E-state index in [2.05, 4.69) is 10.5 Å². The second-order valence-electron chi connectivity index (χ2n) is 4.74. The Morgan fingerprint density at radius 1 is 1.12 bits per heavy atom. The van der Waals surface area contributed by atoms with Gasteiger partial charge in [0, 0.05) is 11.1 Å². The van der Waals surface area contributed by atoms with Gasteiger partial charge in [0.1, 0.15) is 5.75 Å². The summed E-state index contributed by atoms with van der Waals surface area (Å²) in [6, 6.07) is 12.3. The average Bonchev–Trinajstić information content (AvgIpc) is 2.62. The van der Waals surface area contributed by atoms with Crippen LogP contribution in [0.15, 0.2) is 47.6 Å². The van der Waals surface area contributed by atoms with Crippen LogP contribution >= 0.6 is 0 Å². The summed E-state index contributed by atoms with van der Waals surface area (Å²) in [6.45, 7) is 2.49. The molecular weight excluding hydrogens is 308 g/mol. The van der Waals surface area contributed by atoms with Crippen LogP contribution < -0.4 is 19.6 Å². The van der Waals surface area contributed by atoms with Gasteiger partial charge in [-0.1, -0.05) is 6.07 Å². The fourth-order valence-corrected chi connectivity index (χ4v) is 2.11. The molecule has 0 aliphatic carbocycles. The summed E-state index contributed by atoms with van der Waals surface area (Å²) in [5, 5.41) is 3.97. The Morgan fingerprint density at radius 2 is 1.88 bits per heavy atom. The van der Waals surface area contributed by atoms with Gasteiger partial charge in [-0.15, -0.1) is 0 Å².